The lowest BCUT2D eigenvalue weighted by atomic mass is 9.95. The molecule has 1 aliphatic heterocycles. The summed E-state index contributed by atoms with van der Waals surface area (Å²) in [6, 6.07) is 14.9. The third kappa shape index (κ3) is 6.72. The molecule has 6 rings (SSSR count). The maximum Gasteiger partial charge on any atom is 0.184 e. The molecule has 1 unspecified atom stereocenters. The van der Waals surface area contributed by atoms with Crippen LogP contribution >= 0.6 is 0 Å². The highest BCUT2D eigenvalue weighted by atomic mass is 15.3. The molecule has 43 heavy (non-hydrogen) atoms. The van der Waals surface area contributed by atoms with E-state index in [0.29, 0.717) is 24.0 Å². The molecule has 0 bridgehead atoms. The minimum Gasteiger partial charge on any atom is -0.264 e. The van der Waals surface area contributed by atoms with Gasteiger partial charge in [-0.2, -0.15) is 5.10 Å². The molecule has 0 spiro atoms. The first kappa shape index (κ1) is 31.3. The van der Waals surface area contributed by atoms with Crippen molar-refractivity contribution in [1.82, 2.24) is 24.7 Å². The highest BCUT2D eigenvalue weighted by Crippen LogP contribution is 2.31. The van der Waals surface area contributed by atoms with Crippen molar-refractivity contribution in [1.29, 1.82) is 0 Å². The Balaban J connectivity index is 0.00000102. The van der Waals surface area contributed by atoms with Gasteiger partial charge in [-0.3, -0.25) is 4.68 Å². The van der Waals surface area contributed by atoms with Crippen LogP contribution in [-0.2, 0) is 13.0 Å². The minimum absolute atomic E-state index is 0.174. The van der Waals surface area contributed by atoms with E-state index >= 15 is 0 Å². The van der Waals surface area contributed by atoms with E-state index in [9.17, 15) is 0 Å². The van der Waals surface area contributed by atoms with Crippen LogP contribution in [0.15, 0.2) is 85.5 Å². The second-order valence-corrected chi connectivity index (χ2v) is 10.1. The fourth-order valence-corrected chi connectivity index (χ4v) is 5.25. The number of rotatable bonds is 6. The topological polar surface area (TPSA) is 56.5 Å². The van der Waals surface area contributed by atoms with Crippen LogP contribution < -0.4 is 0 Å². The summed E-state index contributed by atoms with van der Waals surface area (Å²) < 4.78 is 2.00. The van der Waals surface area contributed by atoms with Crippen LogP contribution in [0.1, 0.15) is 69.0 Å². The van der Waals surface area contributed by atoms with E-state index < -0.39 is 0 Å². The van der Waals surface area contributed by atoms with Crippen molar-refractivity contribution in [2.45, 2.75) is 60.9 Å². The third-order valence-electron chi connectivity index (χ3n) is 7.47. The van der Waals surface area contributed by atoms with E-state index in [1.165, 1.54) is 16.7 Å². The zero-order valence-corrected chi connectivity index (χ0v) is 26.4. The Morgan fingerprint density at radius 1 is 0.884 bits per heavy atom. The molecule has 1 atom stereocenters. The molecule has 2 aromatic heterocycles. The molecule has 0 saturated heterocycles. The van der Waals surface area contributed by atoms with E-state index in [-0.39, 0.29) is 5.92 Å². The SMILES string of the molecule is C=CC1=Cc2cc(-c3nc(-c4ccc5c(c4)C=CCC5)nc(-c4ccc(C)c(/C=C\C)c4)n3)nn2CC1C=C.CC.CC. The normalized spacial score (nSPS) is 14.8. The Morgan fingerprint density at radius 3 is 2.28 bits per heavy atom. The van der Waals surface area contributed by atoms with Crippen molar-refractivity contribution in [3.63, 3.8) is 0 Å². The molecule has 0 fully saturated rings. The average Bonchev–Trinajstić information content (AvgIpc) is 3.49. The quantitative estimate of drug-likeness (QED) is 0.217. The molecule has 1 aliphatic carbocycles. The summed E-state index contributed by atoms with van der Waals surface area (Å²) in [6.07, 6.45) is 16.7. The molecular formula is C38H43N5. The van der Waals surface area contributed by atoms with Gasteiger partial charge in [0, 0.05) is 17.0 Å². The average molecular weight is 570 g/mol. The van der Waals surface area contributed by atoms with Gasteiger partial charge in [0.25, 0.3) is 0 Å². The number of aryl methyl sites for hydroxylation is 2. The van der Waals surface area contributed by atoms with Crippen molar-refractivity contribution in [3.05, 3.63) is 113 Å². The van der Waals surface area contributed by atoms with Gasteiger partial charge in [0.15, 0.2) is 17.5 Å². The van der Waals surface area contributed by atoms with Crippen LogP contribution in [0.2, 0.25) is 0 Å². The van der Waals surface area contributed by atoms with Crippen LogP contribution in [0, 0.1) is 12.8 Å². The molecule has 0 amide bonds. The molecular weight excluding hydrogens is 526 g/mol. The van der Waals surface area contributed by atoms with Crippen molar-refractivity contribution in [2.24, 2.45) is 5.92 Å². The molecule has 5 nitrogen and oxygen atoms in total. The van der Waals surface area contributed by atoms with Crippen molar-refractivity contribution in [2.75, 3.05) is 0 Å². The van der Waals surface area contributed by atoms with E-state index in [1.807, 2.05) is 63.6 Å². The van der Waals surface area contributed by atoms with Gasteiger partial charge < -0.3 is 0 Å². The predicted octanol–water partition coefficient (Wildman–Crippen LogP) is 9.81. The number of fused-ring (bicyclic) bond motifs is 2. The lowest BCUT2D eigenvalue weighted by Crippen LogP contribution is -2.16. The Labute approximate surface area is 257 Å². The van der Waals surface area contributed by atoms with Crippen LogP contribution in [0.25, 0.3) is 52.5 Å². The van der Waals surface area contributed by atoms with Crippen LogP contribution in [0.5, 0.6) is 0 Å². The van der Waals surface area contributed by atoms with Gasteiger partial charge >= 0.3 is 0 Å². The van der Waals surface area contributed by atoms with Crippen molar-refractivity contribution in [3.8, 4) is 34.3 Å². The Bertz CT molecular complexity index is 1670. The summed E-state index contributed by atoms with van der Waals surface area (Å²) >= 11 is 0. The summed E-state index contributed by atoms with van der Waals surface area (Å²) in [5.74, 6) is 2.00. The van der Waals surface area contributed by atoms with E-state index in [4.69, 9.17) is 20.1 Å². The number of hydrogen-bond acceptors (Lipinski definition) is 4. The Kier molecular flexibility index (Phi) is 10.6. The van der Waals surface area contributed by atoms with Gasteiger partial charge in [0.05, 0.1) is 12.2 Å². The first-order chi connectivity index (χ1) is 21.1. The largest absolute Gasteiger partial charge is 0.264 e. The molecule has 220 valence electrons. The second-order valence-electron chi connectivity index (χ2n) is 10.1. The zero-order valence-electron chi connectivity index (χ0n) is 26.4. The maximum atomic E-state index is 4.97. The molecule has 0 radical (unpaired) electrons. The molecule has 5 heteroatoms. The van der Waals surface area contributed by atoms with Gasteiger partial charge in [0.1, 0.15) is 5.69 Å². The van der Waals surface area contributed by atoms with Gasteiger partial charge in [-0.05, 0) is 78.8 Å². The molecule has 2 aliphatic rings. The number of nitrogens with zero attached hydrogens (tertiary/aromatic N) is 5. The first-order valence-corrected chi connectivity index (χ1v) is 15.4. The monoisotopic (exact) mass is 569 g/mol. The maximum absolute atomic E-state index is 4.97. The Hall–Kier alpha value is -4.64. The van der Waals surface area contributed by atoms with Gasteiger partial charge in [-0.15, -0.1) is 6.58 Å². The predicted molar refractivity (Wildman–Crippen MR) is 183 cm³/mol. The van der Waals surface area contributed by atoms with Crippen molar-refractivity contribution >= 4 is 18.2 Å². The van der Waals surface area contributed by atoms with Gasteiger partial charge in [-0.1, -0.05) is 95.0 Å². The summed E-state index contributed by atoms with van der Waals surface area (Å²) in [5, 5.41) is 4.90. The fourth-order valence-electron chi connectivity index (χ4n) is 5.25. The first-order valence-electron chi connectivity index (χ1n) is 15.4. The number of hydrogen-bond donors (Lipinski definition) is 0. The molecule has 3 heterocycles. The van der Waals surface area contributed by atoms with E-state index in [2.05, 4.69) is 80.8 Å². The fraction of sp³-hybridized carbons (Fsp3) is 0.263. The molecule has 2 aromatic carbocycles. The standard InChI is InChI=1S/C34H31N5.2C2H6/c1-5-10-26-17-28(14-13-22(26)4)32-35-33(29-16-15-25-11-8-9-12-27(25)18-29)37-34(36-32)31-20-30-19-23(6-2)24(7-3)21-39(30)38-31;2*1-2/h5-7,9-10,12-20,24H,2-3,8,11,21H2,1,4H3;2*1-2H3/b10-5-;;. The van der Waals surface area contributed by atoms with Crippen molar-refractivity contribution < 1.29 is 0 Å². The third-order valence-corrected chi connectivity index (χ3v) is 7.47. The van der Waals surface area contributed by atoms with E-state index in [1.54, 1.807) is 0 Å². The summed E-state index contributed by atoms with van der Waals surface area (Å²) in [6.45, 7) is 20.8. The summed E-state index contributed by atoms with van der Waals surface area (Å²) in [4.78, 5) is 14.9. The van der Waals surface area contributed by atoms with Crippen LogP contribution in [-0.4, -0.2) is 24.7 Å². The lowest BCUT2D eigenvalue weighted by molar-refractivity contribution is 0.530. The Morgan fingerprint density at radius 2 is 1.58 bits per heavy atom. The van der Waals surface area contributed by atoms with Gasteiger partial charge in [0.2, 0.25) is 0 Å². The number of benzene rings is 2. The summed E-state index contributed by atoms with van der Waals surface area (Å²) in [7, 11) is 0. The zero-order chi connectivity index (χ0) is 30.9. The lowest BCUT2D eigenvalue weighted by Gasteiger charge is -2.20. The van der Waals surface area contributed by atoms with Gasteiger partial charge in [-0.25, -0.2) is 15.0 Å². The number of allylic oxidation sites excluding steroid dienone is 5. The van der Waals surface area contributed by atoms with E-state index in [0.717, 1.165) is 46.5 Å². The van der Waals surface area contributed by atoms with Crippen LogP contribution in [0.3, 0.4) is 0 Å². The van der Waals surface area contributed by atoms with Crippen LogP contribution in [0.4, 0.5) is 0 Å². The highest BCUT2D eigenvalue weighted by molar-refractivity contribution is 5.71. The molecule has 0 N–H and O–H groups in total. The molecule has 4 aromatic rings. The second kappa shape index (κ2) is 14.5. The summed E-state index contributed by atoms with van der Waals surface area (Å²) in [5.41, 5.74) is 9.71. The minimum atomic E-state index is 0.174. The smallest absolute Gasteiger partial charge is 0.184 e. The molecule has 0 saturated carbocycles. The highest BCUT2D eigenvalue weighted by Gasteiger charge is 2.22. The number of aromatic nitrogens is 5.